The minimum atomic E-state index is -0.410. The lowest BCUT2D eigenvalue weighted by molar-refractivity contribution is -0.110. The standard InChI is InChI=1S/C18H26O3/c1-17-9-8-16(20)18(2,11-19)15(17)7-5-12-4-6-13(21-3)10-14(12)17/h4,6,10,15-16,19-20H,5,7-9,11H2,1-3H3/t15-,16+,17-,18+/m1/s1. The van der Waals surface area contributed by atoms with Gasteiger partial charge in [-0.05, 0) is 60.3 Å². The van der Waals surface area contributed by atoms with E-state index in [9.17, 15) is 10.2 Å². The molecule has 0 bridgehead atoms. The van der Waals surface area contributed by atoms with E-state index < -0.39 is 11.5 Å². The zero-order valence-electron chi connectivity index (χ0n) is 13.2. The molecule has 3 rings (SSSR count). The first-order valence-electron chi connectivity index (χ1n) is 7.92. The summed E-state index contributed by atoms with van der Waals surface area (Å²) < 4.78 is 5.41. The van der Waals surface area contributed by atoms with Gasteiger partial charge in [0.2, 0.25) is 0 Å². The number of methoxy groups -OCH3 is 1. The van der Waals surface area contributed by atoms with Crippen molar-refractivity contribution in [3.63, 3.8) is 0 Å². The first-order valence-corrected chi connectivity index (χ1v) is 7.92. The summed E-state index contributed by atoms with van der Waals surface area (Å²) in [6.07, 6.45) is 3.36. The van der Waals surface area contributed by atoms with Crippen LogP contribution in [0, 0.1) is 11.3 Å². The Morgan fingerprint density at radius 1 is 1.29 bits per heavy atom. The molecule has 1 fully saturated rings. The van der Waals surface area contributed by atoms with Crippen LogP contribution in [-0.4, -0.2) is 30.0 Å². The van der Waals surface area contributed by atoms with Gasteiger partial charge in [0.25, 0.3) is 0 Å². The summed E-state index contributed by atoms with van der Waals surface area (Å²) in [5, 5.41) is 20.4. The highest BCUT2D eigenvalue weighted by Gasteiger charge is 2.55. The molecule has 0 saturated heterocycles. The van der Waals surface area contributed by atoms with Crippen molar-refractivity contribution in [1.29, 1.82) is 0 Å². The molecule has 1 aromatic carbocycles. The Hall–Kier alpha value is -1.06. The molecule has 3 heteroatoms. The number of hydrogen-bond acceptors (Lipinski definition) is 3. The molecule has 1 saturated carbocycles. The summed E-state index contributed by atoms with van der Waals surface area (Å²) >= 11 is 0. The lowest BCUT2D eigenvalue weighted by Gasteiger charge is -2.56. The molecule has 2 N–H and O–H groups in total. The Labute approximate surface area is 127 Å². The van der Waals surface area contributed by atoms with Crippen LogP contribution in [0.1, 0.15) is 44.2 Å². The second-order valence-electron chi connectivity index (χ2n) is 7.25. The van der Waals surface area contributed by atoms with E-state index in [2.05, 4.69) is 19.1 Å². The number of ether oxygens (including phenoxy) is 1. The highest BCUT2D eigenvalue weighted by molar-refractivity contribution is 5.44. The van der Waals surface area contributed by atoms with E-state index >= 15 is 0 Å². The molecule has 0 unspecified atom stereocenters. The van der Waals surface area contributed by atoms with E-state index in [1.807, 2.05) is 13.0 Å². The van der Waals surface area contributed by atoms with Gasteiger partial charge in [0, 0.05) is 5.41 Å². The van der Waals surface area contributed by atoms with Crippen molar-refractivity contribution in [3.8, 4) is 5.75 Å². The minimum Gasteiger partial charge on any atom is -0.497 e. The highest BCUT2D eigenvalue weighted by Crippen LogP contribution is 2.57. The van der Waals surface area contributed by atoms with Gasteiger partial charge in [-0.2, -0.15) is 0 Å². The molecular weight excluding hydrogens is 264 g/mol. The predicted octanol–water partition coefficient (Wildman–Crippen LogP) is 2.67. The summed E-state index contributed by atoms with van der Waals surface area (Å²) in [5.41, 5.74) is 2.35. The number of aliphatic hydroxyl groups is 2. The third-order valence-corrected chi connectivity index (χ3v) is 6.24. The zero-order chi connectivity index (χ0) is 15.3. The fraction of sp³-hybridized carbons (Fsp3) is 0.667. The summed E-state index contributed by atoms with van der Waals surface area (Å²) in [5.74, 6) is 1.20. The van der Waals surface area contributed by atoms with E-state index in [4.69, 9.17) is 4.74 Å². The summed E-state index contributed by atoms with van der Waals surface area (Å²) in [7, 11) is 1.70. The van der Waals surface area contributed by atoms with Gasteiger partial charge in [0.1, 0.15) is 5.75 Å². The predicted molar refractivity (Wildman–Crippen MR) is 82.6 cm³/mol. The molecule has 0 aliphatic heterocycles. The molecule has 116 valence electrons. The number of aliphatic hydroxyl groups excluding tert-OH is 2. The van der Waals surface area contributed by atoms with Gasteiger partial charge in [-0.1, -0.05) is 19.9 Å². The largest absolute Gasteiger partial charge is 0.497 e. The fourth-order valence-electron chi connectivity index (χ4n) is 4.82. The monoisotopic (exact) mass is 290 g/mol. The Balaban J connectivity index is 2.10. The van der Waals surface area contributed by atoms with Crippen LogP contribution >= 0.6 is 0 Å². The van der Waals surface area contributed by atoms with Crippen LogP contribution < -0.4 is 4.74 Å². The van der Waals surface area contributed by atoms with Crippen LogP contribution in [0.15, 0.2) is 18.2 Å². The highest BCUT2D eigenvalue weighted by atomic mass is 16.5. The fourth-order valence-corrected chi connectivity index (χ4v) is 4.82. The van der Waals surface area contributed by atoms with Crippen LogP contribution in [0.25, 0.3) is 0 Å². The van der Waals surface area contributed by atoms with Gasteiger partial charge < -0.3 is 14.9 Å². The third kappa shape index (κ3) is 2.01. The lowest BCUT2D eigenvalue weighted by atomic mass is 9.49. The Bertz CT molecular complexity index is 541. The van der Waals surface area contributed by atoms with Gasteiger partial charge >= 0.3 is 0 Å². The summed E-state index contributed by atoms with van der Waals surface area (Å²) in [6.45, 7) is 4.40. The topological polar surface area (TPSA) is 49.7 Å². The first kappa shape index (κ1) is 14.9. The number of benzene rings is 1. The second-order valence-corrected chi connectivity index (χ2v) is 7.25. The van der Waals surface area contributed by atoms with E-state index in [1.54, 1.807) is 7.11 Å². The minimum absolute atomic E-state index is 0.0127. The number of rotatable bonds is 2. The molecule has 0 radical (unpaired) electrons. The molecule has 21 heavy (non-hydrogen) atoms. The third-order valence-electron chi connectivity index (χ3n) is 6.24. The maximum absolute atomic E-state index is 10.4. The molecule has 0 heterocycles. The van der Waals surface area contributed by atoms with Gasteiger partial charge in [0.05, 0.1) is 19.8 Å². The molecule has 2 aliphatic rings. The van der Waals surface area contributed by atoms with Crippen molar-refractivity contribution in [2.75, 3.05) is 13.7 Å². The van der Waals surface area contributed by atoms with E-state index in [-0.39, 0.29) is 12.0 Å². The Morgan fingerprint density at radius 3 is 2.71 bits per heavy atom. The van der Waals surface area contributed by atoms with Crippen molar-refractivity contribution < 1.29 is 14.9 Å². The van der Waals surface area contributed by atoms with Crippen LogP contribution in [0.4, 0.5) is 0 Å². The van der Waals surface area contributed by atoms with Gasteiger partial charge in [-0.25, -0.2) is 0 Å². The first-order chi connectivity index (χ1) is 9.95. The normalized spacial score (nSPS) is 38.5. The number of hydrogen-bond donors (Lipinski definition) is 2. The second kappa shape index (κ2) is 4.99. The average Bonchev–Trinajstić information content (AvgIpc) is 2.51. The average molecular weight is 290 g/mol. The van der Waals surface area contributed by atoms with Crippen molar-refractivity contribution in [3.05, 3.63) is 29.3 Å². The number of aryl methyl sites for hydroxylation is 1. The SMILES string of the molecule is COc1ccc2c(c1)[C@@]1(C)CC[C@H](O)[C@@](C)(CO)[C@@H]1CC2. The molecule has 3 nitrogen and oxygen atoms in total. The smallest absolute Gasteiger partial charge is 0.119 e. The molecule has 0 amide bonds. The molecular formula is C18H26O3. The maximum atomic E-state index is 10.4. The van der Waals surface area contributed by atoms with Gasteiger partial charge in [-0.15, -0.1) is 0 Å². The quantitative estimate of drug-likeness (QED) is 0.880. The van der Waals surface area contributed by atoms with Gasteiger partial charge in [0.15, 0.2) is 0 Å². The van der Waals surface area contributed by atoms with Crippen LogP contribution in [-0.2, 0) is 11.8 Å². The summed E-state index contributed by atoms with van der Waals surface area (Å²) in [6, 6.07) is 6.37. The molecule has 4 atom stereocenters. The van der Waals surface area contributed by atoms with Crippen LogP contribution in [0.2, 0.25) is 0 Å². The molecule has 2 aliphatic carbocycles. The van der Waals surface area contributed by atoms with E-state index in [1.165, 1.54) is 11.1 Å². The van der Waals surface area contributed by atoms with Crippen LogP contribution in [0.3, 0.4) is 0 Å². The molecule has 0 spiro atoms. The van der Waals surface area contributed by atoms with E-state index in [0.29, 0.717) is 5.92 Å². The number of fused-ring (bicyclic) bond motifs is 3. The van der Waals surface area contributed by atoms with Crippen molar-refractivity contribution in [1.82, 2.24) is 0 Å². The maximum Gasteiger partial charge on any atom is 0.119 e. The van der Waals surface area contributed by atoms with Crippen molar-refractivity contribution >= 4 is 0 Å². The zero-order valence-corrected chi connectivity index (χ0v) is 13.2. The molecule has 0 aromatic heterocycles. The van der Waals surface area contributed by atoms with Crippen LogP contribution in [0.5, 0.6) is 5.75 Å². The van der Waals surface area contributed by atoms with E-state index in [0.717, 1.165) is 31.4 Å². The Kier molecular flexibility index (Phi) is 3.53. The Morgan fingerprint density at radius 2 is 2.05 bits per heavy atom. The van der Waals surface area contributed by atoms with Gasteiger partial charge in [-0.3, -0.25) is 0 Å². The molecule has 1 aromatic rings. The summed E-state index contributed by atoms with van der Waals surface area (Å²) in [4.78, 5) is 0. The van der Waals surface area contributed by atoms with Crippen molar-refractivity contribution in [2.45, 2.75) is 51.0 Å². The van der Waals surface area contributed by atoms with Crippen molar-refractivity contribution in [2.24, 2.45) is 11.3 Å². The lowest BCUT2D eigenvalue weighted by Crippen LogP contribution is -2.56.